The molecule has 0 saturated heterocycles. The van der Waals surface area contributed by atoms with Gasteiger partial charge >= 0.3 is 0 Å². The number of benzene rings is 3. The summed E-state index contributed by atoms with van der Waals surface area (Å²) in [5.41, 5.74) is 8.14. The Labute approximate surface area is 182 Å². The van der Waals surface area contributed by atoms with Crippen molar-refractivity contribution in [1.29, 1.82) is 0 Å². The molecule has 5 aromatic rings. The van der Waals surface area contributed by atoms with Crippen molar-refractivity contribution in [3.05, 3.63) is 77.5 Å². The first-order valence-corrected chi connectivity index (χ1v) is 11.1. The second kappa shape index (κ2) is 5.97. The minimum absolute atomic E-state index is 0.187. The van der Waals surface area contributed by atoms with Gasteiger partial charge in [0.15, 0.2) is 0 Å². The maximum atomic E-state index is 6.55. The van der Waals surface area contributed by atoms with Crippen molar-refractivity contribution in [2.24, 2.45) is 5.41 Å². The average Bonchev–Trinajstić information content (AvgIpc) is 3.08. The lowest BCUT2D eigenvalue weighted by Gasteiger charge is -2.29. The Morgan fingerprint density at radius 3 is 2.52 bits per heavy atom. The summed E-state index contributed by atoms with van der Waals surface area (Å²) in [7, 11) is 0. The third-order valence-corrected chi connectivity index (χ3v) is 6.80. The van der Waals surface area contributed by atoms with E-state index < -0.39 is 0 Å². The molecular formula is C29H27NO. The number of fused-ring (bicyclic) bond motifs is 4. The van der Waals surface area contributed by atoms with Crippen LogP contribution in [0, 0.1) is 5.41 Å². The van der Waals surface area contributed by atoms with Gasteiger partial charge in [-0.2, -0.15) is 0 Å². The fourth-order valence-corrected chi connectivity index (χ4v) is 5.54. The summed E-state index contributed by atoms with van der Waals surface area (Å²) < 4.78 is 6.55. The molecule has 0 N–H and O–H groups in total. The maximum absolute atomic E-state index is 6.55. The van der Waals surface area contributed by atoms with E-state index in [0.717, 1.165) is 23.3 Å². The van der Waals surface area contributed by atoms with E-state index in [1.54, 1.807) is 0 Å². The standard InChI is InChI=1S/C29H27NO/c1-28(2,3)15-17-13-14-21-24-23-20(11-8-12-22(23)31-27(17)24)26-25(29(21,4)5)19-10-7-6-9-18(19)16-30-26/h6-14,16H,15H2,1-5H3. The van der Waals surface area contributed by atoms with E-state index >= 15 is 0 Å². The van der Waals surface area contributed by atoms with Gasteiger partial charge in [-0.25, -0.2) is 0 Å². The number of nitrogens with zero attached hydrogens (tertiary/aromatic N) is 1. The van der Waals surface area contributed by atoms with Crippen molar-refractivity contribution in [3.8, 4) is 11.3 Å². The molecule has 2 heterocycles. The highest BCUT2D eigenvalue weighted by molar-refractivity contribution is 6.17. The summed E-state index contributed by atoms with van der Waals surface area (Å²) in [6.07, 6.45) is 2.99. The van der Waals surface area contributed by atoms with E-state index in [2.05, 4.69) is 89.2 Å². The van der Waals surface area contributed by atoms with Gasteiger partial charge in [-0.15, -0.1) is 0 Å². The van der Waals surface area contributed by atoms with Crippen LogP contribution in [0.15, 0.2) is 65.2 Å². The first-order valence-electron chi connectivity index (χ1n) is 11.1. The highest BCUT2D eigenvalue weighted by atomic mass is 16.3. The Morgan fingerprint density at radius 2 is 1.71 bits per heavy atom. The Hall–Kier alpha value is -3.13. The molecule has 0 radical (unpaired) electrons. The Bertz CT molecular complexity index is 1510. The van der Waals surface area contributed by atoms with Gasteiger partial charge < -0.3 is 4.42 Å². The maximum Gasteiger partial charge on any atom is 0.138 e. The normalized spacial score (nSPS) is 15.0. The van der Waals surface area contributed by atoms with E-state index in [-0.39, 0.29) is 10.8 Å². The molecule has 0 aliphatic heterocycles. The molecular weight excluding hydrogens is 378 g/mol. The predicted octanol–water partition coefficient (Wildman–Crippen LogP) is 8.03. The van der Waals surface area contributed by atoms with E-state index in [1.807, 2.05) is 6.20 Å². The number of furan rings is 1. The van der Waals surface area contributed by atoms with E-state index in [1.165, 1.54) is 43.8 Å². The van der Waals surface area contributed by atoms with Gasteiger partial charge in [-0.3, -0.25) is 4.98 Å². The van der Waals surface area contributed by atoms with Crippen LogP contribution in [0.4, 0.5) is 0 Å². The molecule has 3 aromatic carbocycles. The van der Waals surface area contributed by atoms with Crippen molar-refractivity contribution in [3.63, 3.8) is 0 Å². The molecule has 0 atom stereocenters. The Balaban J connectivity index is 1.82. The lowest BCUT2D eigenvalue weighted by molar-refractivity contribution is 0.410. The molecule has 31 heavy (non-hydrogen) atoms. The molecule has 1 aliphatic carbocycles. The molecule has 0 fully saturated rings. The zero-order valence-electron chi connectivity index (χ0n) is 18.8. The molecule has 0 bridgehead atoms. The lowest BCUT2D eigenvalue weighted by atomic mass is 9.74. The molecule has 0 unspecified atom stereocenters. The van der Waals surface area contributed by atoms with Crippen LogP contribution < -0.4 is 0 Å². The van der Waals surface area contributed by atoms with Gasteiger partial charge in [0.05, 0.1) is 5.69 Å². The van der Waals surface area contributed by atoms with Crippen molar-refractivity contribution in [2.75, 3.05) is 0 Å². The summed E-state index contributed by atoms with van der Waals surface area (Å²) >= 11 is 0. The molecule has 2 heteroatoms. The van der Waals surface area contributed by atoms with Crippen molar-refractivity contribution in [1.82, 2.24) is 4.98 Å². The third kappa shape index (κ3) is 2.54. The minimum atomic E-state index is -0.211. The molecule has 0 amide bonds. The molecule has 2 aromatic heterocycles. The molecule has 154 valence electrons. The number of aromatic nitrogens is 1. The smallest absolute Gasteiger partial charge is 0.138 e. The first-order chi connectivity index (χ1) is 14.8. The van der Waals surface area contributed by atoms with Crippen molar-refractivity contribution >= 4 is 32.7 Å². The van der Waals surface area contributed by atoms with Gasteiger partial charge in [0.2, 0.25) is 0 Å². The van der Waals surface area contributed by atoms with Gasteiger partial charge in [0.25, 0.3) is 0 Å². The van der Waals surface area contributed by atoms with Crippen LogP contribution >= 0.6 is 0 Å². The second-order valence-corrected chi connectivity index (χ2v) is 10.7. The van der Waals surface area contributed by atoms with Crippen LogP contribution in [-0.4, -0.2) is 4.98 Å². The van der Waals surface area contributed by atoms with Crippen molar-refractivity contribution < 1.29 is 4.42 Å². The van der Waals surface area contributed by atoms with E-state index in [0.29, 0.717) is 0 Å². The lowest BCUT2D eigenvalue weighted by Crippen LogP contribution is -2.21. The summed E-state index contributed by atoms with van der Waals surface area (Å²) in [5.74, 6) is 0. The average molecular weight is 406 g/mol. The van der Waals surface area contributed by atoms with Crippen LogP contribution in [0.1, 0.15) is 51.3 Å². The highest BCUT2D eigenvalue weighted by Crippen LogP contribution is 2.51. The molecule has 1 aliphatic rings. The molecule has 0 saturated carbocycles. The number of hydrogen-bond donors (Lipinski definition) is 0. The predicted molar refractivity (Wildman–Crippen MR) is 130 cm³/mol. The van der Waals surface area contributed by atoms with Gasteiger partial charge in [0, 0.05) is 33.3 Å². The van der Waals surface area contributed by atoms with Gasteiger partial charge in [-0.05, 0) is 40.0 Å². The summed E-state index contributed by atoms with van der Waals surface area (Å²) in [6.45, 7) is 11.5. The summed E-state index contributed by atoms with van der Waals surface area (Å²) in [5, 5.41) is 4.94. The molecule has 6 rings (SSSR count). The summed E-state index contributed by atoms with van der Waals surface area (Å²) in [4.78, 5) is 5.02. The van der Waals surface area contributed by atoms with Gasteiger partial charge in [-0.1, -0.05) is 83.1 Å². The van der Waals surface area contributed by atoms with Crippen LogP contribution in [0.3, 0.4) is 0 Å². The topological polar surface area (TPSA) is 26.0 Å². The first kappa shape index (κ1) is 18.6. The molecule has 0 spiro atoms. The monoisotopic (exact) mass is 405 g/mol. The largest absolute Gasteiger partial charge is 0.456 e. The number of rotatable bonds is 1. The fraction of sp³-hybridized carbons (Fsp3) is 0.276. The second-order valence-electron chi connectivity index (χ2n) is 10.7. The highest BCUT2D eigenvalue weighted by Gasteiger charge is 2.36. The Morgan fingerprint density at radius 1 is 0.903 bits per heavy atom. The van der Waals surface area contributed by atoms with Crippen LogP contribution in [-0.2, 0) is 11.8 Å². The summed E-state index contributed by atoms with van der Waals surface area (Å²) in [6, 6.07) is 19.7. The van der Waals surface area contributed by atoms with E-state index in [4.69, 9.17) is 9.40 Å². The Kier molecular flexibility index (Phi) is 3.59. The van der Waals surface area contributed by atoms with Gasteiger partial charge in [0.1, 0.15) is 11.2 Å². The van der Waals surface area contributed by atoms with Crippen LogP contribution in [0.25, 0.3) is 44.0 Å². The number of hydrogen-bond acceptors (Lipinski definition) is 2. The van der Waals surface area contributed by atoms with E-state index in [9.17, 15) is 0 Å². The SMILES string of the molecule is CC(C)(C)Cc1ccc2c3c1oc1cccc(c13)-c1ncc3ccccc3c1C2(C)C. The molecule has 2 nitrogen and oxygen atoms in total. The third-order valence-electron chi connectivity index (χ3n) is 6.80. The quantitative estimate of drug-likeness (QED) is 0.282. The van der Waals surface area contributed by atoms with Crippen LogP contribution in [0.5, 0.6) is 0 Å². The van der Waals surface area contributed by atoms with Crippen molar-refractivity contribution in [2.45, 2.75) is 46.5 Å². The minimum Gasteiger partial charge on any atom is -0.456 e. The fourth-order valence-electron chi connectivity index (χ4n) is 5.54. The van der Waals surface area contributed by atoms with Crippen LogP contribution in [0.2, 0.25) is 0 Å². The zero-order valence-corrected chi connectivity index (χ0v) is 18.8. The number of pyridine rings is 1. The zero-order chi connectivity index (χ0) is 21.5.